The summed E-state index contributed by atoms with van der Waals surface area (Å²) in [6.45, 7) is 5.04. The first-order valence-corrected chi connectivity index (χ1v) is 7.17. The van der Waals surface area contributed by atoms with Gasteiger partial charge in [0.05, 0.1) is 17.6 Å². The third-order valence-corrected chi connectivity index (χ3v) is 3.41. The minimum atomic E-state index is -0.225. The van der Waals surface area contributed by atoms with Gasteiger partial charge in [0.15, 0.2) is 0 Å². The van der Waals surface area contributed by atoms with Crippen LogP contribution in [0.25, 0.3) is 11.0 Å². The van der Waals surface area contributed by atoms with Gasteiger partial charge in [0.25, 0.3) is 0 Å². The average molecular weight is 290 g/mol. The van der Waals surface area contributed by atoms with Gasteiger partial charge in [-0.05, 0) is 30.9 Å². The highest BCUT2D eigenvalue weighted by Crippen LogP contribution is 2.15. The molecule has 0 aliphatic carbocycles. The normalized spacial score (nSPS) is 12.3. The van der Waals surface area contributed by atoms with Crippen LogP contribution in [0.4, 0.5) is 4.79 Å². The highest BCUT2D eigenvalue weighted by molar-refractivity contribution is 5.78. The summed E-state index contributed by atoms with van der Waals surface area (Å²) in [5.41, 5.74) is 3.02. The predicted molar refractivity (Wildman–Crippen MR) is 81.9 cm³/mol. The molecule has 0 saturated carbocycles. The molecule has 0 saturated heterocycles. The number of nitrogens with one attached hydrogen (secondary N) is 3. The van der Waals surface area contributed by atoms with E-state index in [4.69, 9.17) is 5.11 Å². The summed E-state index contributed by atoms with van der Waals surface area (Å²) in [5.74, 6) is 0.993. The number of urea groups is 1. The molecular formula is C15H22N4O2. The molecule has 6 heteroatoms. The maximum Gasteiger partial charge on any atom is 0.315 e. The molecule has 114 valence electrons. The van der Waals surface area contributed by atoms with Crippen molar-refractivity contribution in [2.75, 3.05) is 13.2 Å². The Balaban J connectivity index is 1.84. The Morgan fingerprint density at radius 2 is 2.24 bits per heavy atom. The van der Waals surface area contributed by atoms with Crippen LogP contribution in [0.5, 0.6) is 0 Å². The van der Waals surface area contributed by atoms with Crippen LogP contribution in [0.2, 0.25) is 0 Å². The lowest BCUT2D eigenvalue weighted by Crippen LogP contribution is -2.37. The first-order chi connectivity index (χ1) is 10.1. The molecule has 0 fully saturated rings. The lowest BCUT2D eigenvalue weighted by atomic mass is 10.1. The fraction of sp³-hybridized carbons (Fsp3) is 0.467. The predicted octanol–water partition coefficient (Wildman–Crippen LogP) is 1.69. The summed E-state index contributed by atoms with van der Waals surface area (Å²) in [6, 6.07) is 5.73. The number of aromatic amines is 1. The van der Waals surface area contributed by atoms with Crippen LogP contribution in [0.1, 0.15) is 24.7 Å². The summed E-state index contributed by atoms with van der Waals surface area (Å²) in [6.07, 6.45) is 0.684. The van der Waals surface area contributed by atoms with E-state index in [9.17, 15) is 4.79 Å². The van der Waals surface area contributed by atoms with E-state index >= 15 is 0 Å². The van der Waals surface area contributed by atoms with Crippen LogP contribution in [0.3, 0.4) is 0 Å². The summed E-state index contributed by atoms with van der Waals surface area (Å²) in [7, 11) is 0. The average Bonchev–Trinajstić information content (AvgIpc) is 2.88. The lowest BCUT2D eigenvalue weighted by Gasteiger charge is -2.11. The van der Waals surface area contributed by atoms with Gasteiger partial charge in [-0.25, -0.2) is 9.78 Å². The number of hydrogen-bond donors (Lipinski definition) is 4. The zero-order valence-corrected chi connectivity index (χ0v) is 12.4. The number of H-pyrrole nitrogens is 1. The molecule has 1 aromatic heterocycles. The first-order valence-electron chi connectivity index (χ1n) is 7.17. The number of nitrogens with zero attached hydrogens (tertiary/aromatic N) is 1. The fourth-order valence-corrected chi connectivity index (χ4v) is 2.13. The molecule has 0 bridgehead atoms. The van der Waals surface area contributed by atoms with Crippen molar-refractivity contribution in [1.82, 2.24) is 20.6 Å². The van der Waals surface area contributed by atoms with Gasteiger partial charge in [-0.2, -0.15) is 0 Å². The minimum Gasteiger partial charge on any atom is -0.396 e. The molecule has 2 aromatic rings. The Kier molecular flexibility index (Phi) is 5.16. The van der Waals surface area contributed by atoms with E-state index in [-0.39, 0.29) is 18.6 Å². The largest absolute Gasteiger partial charge is 0.396 e. The molecule has 2 amide bonds. The SMILES string of the molecule is Cc1cccc2[nH]c(CNC(=O)NCC(C)CCO)nc12. The van der Waals surface area contributed by atoms with Gasteiger partial charge in [0.1, 0.15) is 5.82 Å². The number of aromatic nitrogens is 2. The highest BCUT2D eigenvalue weighted by Gasteiger charge is 2.07. The van der Waals surface area contributed by atoms with E-state index in [1.807, 2.05) is 32.0 Å². The molecule has 0 radical (unpaired) electrons. The molecule has 0 aliphatic heterocycles. The molecule has 21 heavy (non-hydrogen) atoms. The van der Waals surface area contributed by atoms with E-state index in [2.05, 4.69) is 20.6 Å². The van der Waals surface area contributed by atoms with Gasteiger partial charge >= 0.3 is 6.03 Å². The topological polar surface area (TPSA) is 90.0 Å². The number of aryl methyl sites for hydroxylation is 1. The van der Waals surface area contributed by atoms with Crippen LogP contribution >= 0.6 is 0 Å². The molecule has 1 aromatic carbocycles. The van der Waals surface area contributed by atoms with Crippen LogP contribution in [-0.2, 0) is 6.54 Å². The molecule has 2 rings (SSSR count). The number of amides is 2. The van der Waals surface area contributed by atoms with Crippen LogP contribution in [0, 0.1) is 12.8 Å². The maximum absolute atomic E-state index is 11.7. The molecular weight excluding hydrogens is 268 g/mol. The number of imidazole rings is 1. The van der Waals surface area contributed by atoms with Crippen molar-refractivity contribution in [3.8, 4) is 0 Å². The van der Waals surface area contributed by atoms with Crippen LogP contribution in [0.15, 0.2) is 18.2 Å². The number of benzene rings is 1. The van der Waals surface area contributed by atoms with Gasteiger partial charge in [0, 0.05) is 13.2 Å². The Hall–Kier alpha value is -2.08. The number of carbonyl (C=O) groups excluding carboxylic acids is 1. The smallest absolute Gasteiger partial charge is 0.315 e. The monoisotopic (exact) mass is 290 g/mol. The van der Waals surface area contributed by atoms with E-state index in [0.29, 0.717) is 19.5 Å². The summed E-state index contributed by atoms with van der Waals surface area (Å²) in [4.78, 5) is 19.3. The number of para-hydroxylation sites is 1. The summed E-state index contributed by atoms with van der Waals surface area (Å²) in [5, 5.41) is 14.4. The third kappa shape index (κ3) is 4.19. The van der Waals surface area contributed by atoms with Gasteiger partial charge in [-0.3, -0.25) is 0 Å². The summed E-state index contributed by atoms with van der Waals surface area (Å²) >= 11 is 0. The number of aliphatic hydroxyl groups is 1. The number of rotatable bonds is 6. The Bertz CT molecular complexity index is 609. The third-order valence-electron chi connectivity index (χ3n) is 3.41. The molecule has 1 unspecified atom stereocenters. The van der Waals surface area contributed by atoms with E-state index in [1.54, 1.807) is 0 Å². The number of hydrogen-bond acceptors (Lipinski definition) is 3. The van der Waals surface area contributed by atoms with Crippen molar-refractivity contribution in [2.45, 2.75) is 26.8 Å². The molecule has 4 N–H and O–H groups in total. The minimum absolute atomic E-state index is 0.142. The fourth-order valence-electron chi connectivity index (χ4n) is 2.13. The van der Waals surface area contributed by atoms with Gasteiger partial charge in [-0.1, -0.05) is 19.1 Å². The van der Waals surface area contributed by atoms with Crippen molar-refractivity contribution < 1.29 is 9.90 Å². The second-order valence-corrected chi connectivity index (χ2v) is 5.34. The molecule has 1 atom stereocenters. The number of carbonyl (C=O) groups is 1. The number of fused-ring (bicyclic) bond motifs is 1. The second-order valence-electron chi connectivity index (χ2n) is 5.34. The quantitative estimate of drug-likeness (QED) is 0.652. The van der Waals surface area contributed by atoms with Gasteiger partial charge in [-0.15, -0.1) is 0 Å². The molecule has 0 aliphatic rings. The van der Waals surface area contributed by atoms with E-state index < -0.39 is 0 Å². The first kappa shape index (κ1) is 15.3. The second kappa shape index (κ2) is 7.08. The molecule has 6 nitrogen and oxygen atoms in total. The van der Waals surface area contributed by atoms with Crippen LogP contribution in [-0.4, -0.2) is 34.3 Å². The Labute approximate surface area is 124 Å². The van der Waals surface area contributed by atoms with E-state index in [1.165, 1.54) is 0 Å². The van der Waals surface area contributed by atoms with Gasteiger partial charge in [0.2, 0.25) is 0 Å². The van der Waals surface area contributed by atoms with Crippen molar-refractivity contribution in [2.24, 2.45) is 5.92 Å². The molecule has 1 heterocycles. The zero-order chi connectivity index (χ0) is 15.2. The van der Waals surface area contributed by atoms with Crippen LogP contribution < -0.4 is 10.6 Å². The highest BCUT2D eigenvalue weighted by atomic mass is 16.3. The Morgan fingerprint density at radius 1 is 1.43 bits per heavy atom. The Morgan fingerprint density at radius 3 is 2.95 bits per heavy atom. The summed E-state index contributed by atoms with van der Waals surface area (Å²) < 4.78 is 0. The lowest BCUT2D eigenvalue weighted by molar-refractivity contribution is 0.233. The standard InChI is InChI=1S/C15H22N4O2/c1-10(6-7-20)8-16-15(21)17-9-13-18-12-5-3-4-11(2)14(12)19-13/h3-5,10,20H,6-9H2,1-2H3,(H,18,19)(H2,16,17,21). The van der Waals surface area contributed by atoms with Crippen molar-refractivity contribution in [3.63, 3.8) is 0 Å². The maximum atomic E-state index is 11.7. The molecule has 0 spiro atoms. The zero-order valence-electron chi connectivity index (χ0n) is 12.4. The van der Waals surface area contributed by atoms with Crippen molar-refractivity contribution in [3.05, 3.63) is 29.6 Å². The van der Waals surface area contributed by atoms with Crippen molar-refractivity contribution in [1.29, 1.82) is 0 Å². The number of aliphatic hydroxyl groups excluding tert-OH is 1. The van der Waals surface area contributed by atoms with E-state index in [0.717, 1.165) is 22.4 Å². The van der Waals surface area contributed by atoms with Gasteiger partial charge < -0.3 is 20.7 Å². The van der Waals surface area contributed by atoms with Crippen molar-refractivity contribution >= 4 is 17.1 Å².